The van der Waals surface area contributed by atoms with Gasteiger partial charge in [0.1, 0.15) is 0 Å². The predicted octanol–water partition coefficient (Wildman–Crippen LogP) is 3.97. The molecule has 0 aliphatic carbocycles. The lowest BCUT2D eigenvalue weighted by Gasteiger charge is -2.30. The van der Waals surface area contributed by atoms with E-state index in [1.807, 2.05) is 60.3 Å². The quantitative estimate of drug-likeness (QED) is 0.693. The van der Waals surface area contributed by atoms with Gasteiger partial charge in [-0.2, -0.15) is 0 Å². The number of halogens is 1. The highest BCUT2D eigenvalue weighted by Gasteiger charge is 2.35. The molecule has 0 unspecified atom stereocenters. The Morgan fingerprint density at radius 1 is 1.00 bits per heavy atom. The number of rotatable bonds is 4. The normalized spacial score (nSPS) is 21.5. The van der Waals surface area contributed by atoms with Gasteiger partial charge < -0.3 is 19.6 Å². The highest BCUT2D eigenvalue weighted by molar-refractivity contribution is 7.17. The highest BCUT2D eigenvalue weighted by Crippen LogP contribution is 2.34. The van der Waals surface area contributed by atoms with E-state index in [0.29, 0.717) is 23.0 Å². The molecule has 1 aromatic heterocycles. The van der Waals surface area contributed by atoms with Crippen LogP contribution in [0.3, 0.4) is 0 Å². The smallest absolute Gasteiger partial charge is 0.320 e. The number of hydrogen-bond acceptors (Lipinski definition) is 4. The molecule has 2 aliphatic rings. The monoisotopic (exact) mass is 460 g/mol. The fourth-order valence-corrected chi connectivity index (χ4v) is 5.76. The van der Waals surface area contributed by atoms with E-state index in [1.165, 1.54) is 11.3 Å². The maximum atomic E-state index is 13.1. The lowest BCUT2D eigenvalue weighted by molar-refractivity contribution is 0.0739. The molecule has 2 saturated heterocycles. The molecule has 0 saturated carbocycles. The Morgan fingerprint density at radius 3 is 2.42 bits per heavy atom. The van der Waals surface area contributed by atoms with Crippen molar-refractivity contribution in [1.29, 1.82) is 0 Å². The first-order chi connectivity index (χ1) is 14.8. The number of hydrogen-bond donors (Lipinski definition) is 0. The SMILES string of the molecule is CN1CC[C@@H](N(C)C(=O)N2CC[C@H](N(C)C(=O)c3ccc(-c4ccccc4Cl)s3)C2)C1. The van der Waals surface area contributed by atoms with Gasteiger partial charge in [-0.05, 0) is 44.6 Å². The number of amides is 3. The summed E-state index contributed by atoms with van der Waals surface area (Å²) in [7, 11) is 5.83. The molecule has 0 spiro atoms. The van der Waals surface area contributed by atoms with Crippen LogP contribution in [0, 0.1) is 0 Å². The molecule has 0 N–H and O–H groups in total. The Labute approximate surface area is 193 Å². The summed E-state index contributed by atoms with van der Waals surface area (Å²) in [5, 5.41) is 0.680. The van der Waals surface area contributed by atoms with Gasteiger partial charge in [0.05, 0.1) is 10.9 Å². The van der Waals surface area contributed by atoms with Crippen LogP contribution in [0.25, 0.3) is 10.4 Å². The van der Waals surface area contributed by atoms with Crippen LogP contribution in [-0.2, 0) is 0 Å². The first-order valence-electron chi connectivity index (χ1n) is 10.7. The summed E-state index contributed by atoms with van der Waals surface area (Å²) in [6.45, 7) is 3.21. The lowest BCUT2D eigenvalue weighted by Crippen LogP contribution is -2.47. The Kier molecular flexibility index (Phi) is 6.55. The summed E-state index contributed by atoms with van der Waals surface area (Å²) in [6.07, 6.45) is 1.82. The van der Waals surface area contributed by atoms with E-state index in [4.69, 9.17) is 11.6 Å². The second-order valence-electron chi connectivity index (χ2n) is 8.55. The van der Waals surface area contributed by atoms with Crippen molar-refractivity contribution in [3.05, 3.63) is 46.3 Å². The molecule has 6 nitrogen and oxygen atoms in total. The van der Waals surface area contributed by atoms with Crippen LogP contribution in [0.4, 0.5) is 4.79 Å². The molecule has 2 aliphatic heterocycles. The molecule has 0 radical (unpaired) electrons. The van der Waals surface area contributed by atoms with Crippen molar-refractivity contribution in [3.63, 3.8) is 0 Å². The number of nitrogens with zero attached hydrogens (tertiary/aromatic N) is 4. The van der Waals surface area contributed by atoms with Crippen LogP contribution in [0.1, 0.15) is 22.5 Å². The number of thiophene rings is 1. The number of likely N-dealkylation sites (N-methyl/N-ethyl adjacent to an activating group) is 3. The molecule has 3 amide bonds. The molecule has 2 fully saturated rings. The zero-order valence-corrected chi connectivity index (χ0v) is 19.8. The maximum absolute atomic E-state index is 13.1. The van der Waals surface area contributed by atoms with Crippen LogP contribution >= 0.6 is 22.9 Å². The van der Waals surface area contributed by atoms with Crippen LogP contribution in [0.15, 0.2) is 36.4 Å². The Hall–Kier alpha value is -2.09. The van der Waals surface area contributed by atoms with E-state index in [1.54, 1.807) is 4.90 Å². The van der Waals surface area contributed by atoms with E-state index in [0.717, 1.165) is 36.4 Å². The van der Waals surface area contributed by atoms with E-state index in [2.05, 4.69) is 11.9 Å². The summed E-state index contributed by atoms with van der Waals surface area (Å²) in [6, 6.07) is 11.8. The molecule has 166 valence electrons. The first kappa shape index (κ1) is 22.1. The van der Waals surface area contributed by atoms with E-state index >= 15 is 0 Å². The number of urea groups is 1. The Balaban J connectivity index is 1.38. The van der Waals surface area contributed by atoms with Crippen LogP contribution in [0.5, 0.6) is 0 Å². The van der Waals surface area contributed by atoms with E-state index in [-0.39, 0.29) is 24.0 Å². The lowest BCUT2D eigenvalue weighted by atomic mass is 10.2. The van der Waals surface area contributed by atoms with Gasteiger partial charge in [-0.15, -0.1) is 11.3 Å². The predicted molar refractivity (Wildman–Crippen MR) is 126 cm³/mol. The van der Waals surface area contributed by atoms with Gasteiger partial charge in [0.25, 0.3) is 5.91 Å². The van der Waals surface area contributed by atoms with Gasteiger partial charge in [-0.3, -0.25) is 4.79 Å². The number of likely N-dealkylation sites (tertiary alicyclic amines) is 2. The standard InChI is InChI=1S/C23H29ClN4O2S/c1-25-12-10-16(14-25)27(3)23(30)28-13-11-17(15-28)26(2)22(29)21-9-8-20(31-21)18-6-4-5-7-19(18)24/h4-9,16-17H,10-15H2,1-3H3/t16-,17+/m1/s1. The molecule has 2 aromatic rings. The van der Waals surface area contributed by atoms with Crippen LogP contribution in [-0.4, -0.2) is 90.9 Å². The second-order valence-corrected chi connectivity index (χ2v) is 10.0. The third-order valence-electron chi connectivity index (χ3n) is 6.47. The van der Waals surface area contributed by atoms with Crippen molar-refractivity contribution in [1.82, 2.24) is 19.6 Å². The number of carbonyl (C=O) groups is 2. The third-order valence-corrected chi connectivity index (χ3v) is 7.91. The van der Waals surface area contributed by atoms with Gasteiger partial charge in [-0.25, -0.2) is 4.79 Å². The molecule has 4 rings (SSSR count). The zero-order valence-electron chi connectivity index (χ0n) is 18.3. The number of carbonyl (C=O) groups excluding carboxylic acids is 2. The van der Waals surface area contributed by atoms with Crippen molar-refractivity contribution < 1.29 is 9.59 Å². The molecule has 3 heterocycles. The Morgan fingerprint density at radius 2 is 1.71 bits per heavy atom. The van der Waals surface area contributed by atoms with Gasteiger partial charge in [0.15, 0.2) is 0 Å². The maximum Gasteiger partial charge on any atom is 0.320 e. The fraction of sp³-hybridized carbons (Fsp3) is 0.478. The summed E-state index contributed by atoms with van der Waals surface area (Å²) >= 11 is 7.76. The van der Waals surface area contributed by atoms with Gasteiger partial charge in [0.2, 0.25) is 0 Å². The van der Waals surface area contributed by atoms with E-state index in [9.17, 15) is 9.59 Å². The highest BCUT2D eigenvalue weighted by atomic mass is 35.5. The second kappa shape index (κ2) is 9.18. The van der Waals surface area contributed by atoms with Crippen LogP contribution < -0.4 is 0 Å². The topological polar surface area (TPSA) is 47.1 Å². The third kappa shape index (κ3) is 4.59. The Bertz CT molecular complexity index is 965. The number of benzene rings is 1. The summed E-state index contributed by atoms with van der Waals surface area (Å²) in [5.41, 5.74) is 0.939. The minimum atomic E-state index is -0.00613. The van der Waals surface area contributed by atoms with Crippen molar-refractivity contribution >= 4 is 34.9 Å². The molecular formula is C23H29ClN4O2S. The molecule has 8 heteroatoms. The minimum Gasteiger partial charge on any atom is -0.336 e. The molecule has 2 atom stereocenters. The fourth-order valence-electron chi connectivity index (χ4n) is 4.44. The summed E-state index contributed by atoms with van der Waals surface area (Å²) < 4.78 is 0. The van der Waals surface area contributed by atoms with Crippen molar-refractivity contribution in [2.24, 2.45) is 0 Å². The van der Waals surface area contributed by atoms with Crippen LogP contribution in [0.2, 0.25) is 5.02 Å². The largest absolute Gasteiger partial charge is 0.336 e. The van der Waals surface area contributed by atoms with Gasteiger partial charge in [-0.1, -0.05) is 29.8 Å². The zero-order chi connectivity index (χ0) is 22.1. The molecular weight excluding hydrogens is 432 g/mol. The van der Waals surface area contributed by atoms with Crippen molar-refractivity contribution in [3.8, 4) is 10.4 Å². The van der Waals surface area contributed by atoms with Crippen molar-refractivity contribution in [2.45, 2.75) is 24.9 Å². The van der Waals surface area contributed by atoms with Crippen molar-refractivity contribution in [2.75, 3.05) is 47.3 Å². The summed E-state index contributed by atoms with van der Waals surface area (Å²) in [4.78, 5) is 35.5. The molecule has 1 aromatic carbocycles. The average Bonchev–Trinajstić information content (AvgIpc) is 3.52. The molecule has 31 heavy (non-hydrogen) atoms. The minimum absolute atomic E-state index is 0.00613. The van der Waals surface area contributed by atoms with E-state index < -0.39 is 0 Å². The average molecular weight is 461 g/mol. The van der Waals surface area contributed by atoms with Gasteiger partial charge in [0, 0.05) is 55.2 Å². The first-order valence-corrected chi connectivity index (χ1v) is 11.9. The molecule has 0 bridgehead atoms. The summed E-state index contributed by atoms with van der Waals surface area (Å²) in [5.74, 6) is -0.00613. The van der Waals surface area contributed by atoms with Gasteiger partial charge >= 0.3 is 6.03 Å².